The van der Waals surface area contributed by atoms with E-state index in [2.05, 4.69) is 10.1 Å². The summed E-state index contributed by atoms with van der Waals surface area (Å²) in [6, 6.07) is 12.0. The van der Waals surface area contributed by atoms with Gasteiger partial charge in [-0.25, -0.2) is 9.38 Å². The molecule has 0 atom stereocenters. The average Bonchev–Trinajstić information content (AvgIpc) is 2.85. The lowest BCUT2D eigenvalue weighted by Crippen LogP contribution is -2.22. The highest BCUT2D eigenvalue weighted by Gasteiger charge is 2.24. The Morgan fingerprint density at radius 2 is 2.00 bits per heavy atom. The molecule has 2 aromatic carbocycles. The lowest BCUT2D eigenvalue weighted by Gasteiger charge is -2.00. The summed E-state index contributed by atoms with van der Waals surface area (Å²) in [6.07, 6.45) is 0. The van der Waals surface area contributed by atoms with Crippen molar-refractivity contribution in [3.63, 3.8) is 0 Å². The Kier molecular flexibility index (Phi) is 3.82. The molecule has 0 fully saturated rings. The van der Waals surface area contributed by atoms with Gasteiger partial charge in [0, 0.05) is 0 Å². The predicted molar refractivity (Wildman–Crippen MR) is 81.8 cm³/mol. The fourth-order valence-corrected chi connectivity index (χ4v) is 2.16. The third-order valence-electron chi connectivity index (χ3n) is 3.21. The van der Waals surface area contributed by atoms with E-state index in [0.29, 0.717) is 10.5 Å². The maximum Gasteiger partial charge on any atom is 0.438 e. The molecule has 1 aromatic heterocycles. The number of aromatic nitrogens is 3. The number of rotatable bonds is 3. The molecule has 0 aliphatic carbocycles. The number of nitrogens with zero attached hydrogens (tertiary/aromatic N) is 5. The van der Waals surface area contributed by atoms with Gasteiger partial charge < -0.3 is 15.3 Å². The number of hydrogen-bond donors (Lipinski definition) is 1. The highest BCUT2D eigenvalue weighted by Crippen LogP contribution is 2.14. The van der Waals surface area contributed by atoms with Crippen LogP contribution in [0, 0.1) is 22.9 Å². The van der Waals surface area contributed by atoms with Crippen LogP contribution in [0.5, 0.6) is 0 Å². The number of hydrogen-bond acceptors (Lipinski definition) is 5. The summed E-state index contributed by atoms with van der Waals surface area (Å²) in [6.45, 7) is 1.83. The second-order valence-electron chi connectivity index (χ2n) is 5.01. The Balaban J connectivity index is 2.24. The average molecular weight is 329 g/mol. The van der Waals surface area contributed by atoms with Crippen molar-refractivity contribution in [1.82, 2.24) is 14.7 Å². The van der Waals surface area contributed by atoms with Crippen LogP contribution in [-0.2, 0) is 0 Å². The van der Waals surface area contributed by atoms with Crippen LogP contribution in [0.15, 0.2) is 53.5 Å². The zero-order chi connectivity index (χ0) is 17.3. The maximum absolute atomic E-state index is 13.3. The summed E-state index contributed by atoms with van der Waals surface area (Å²) in [5.74, 6) is -1.20. The minimum absolute atomic E-state index is 0.115. The van der Waals surface area contributed by atoms with Crippen LogP contribution in [0.2, 0.25) is 0 Å². The van der Waals surface area contributed by atoms with Gasteiger partial charge in [0.1, 0.15) is 11.5 Å². The second-order valence-corrected chi connectivity index (χ2v) is 5.01. The Hall–Kier alpha value is -3.49. The van der Waals surface area contributed by atoms with Crippen LogP contribution in [0.25, 0.3) is 5.69 Å². The molecular weight excluding hydrogens is 317 g/mol. The SMILES string of the molecule is Cc1cccc(-n2nc([N+](=O)[O-])c(=Nc3cccc(F)c3)n2O)c1. The van der Waals surface area contributed by atoms with Gasteiger partial charge in [0.15, 0.2) is 0 Å². The summed E-state index contributed by atoms with van der Waals surface area (Å²) in [5.41, 5.74) is 1.01. The lowest BCUT2D eigenvalue weighted by atomic mass is 10.2. The van der Waals surface area contributed by atoms with Crippen LogP contribution in [0.1, 0.15) is 5.56 Å². The van der Waals surface area contributed by atoms with E-state index in [0.717, 1.165) is 16.4 Å². The van der Waals surface area contributed by atoms with Gasteiger partial charge in [-0.05, 0) is 52.5 Å². The molecule has 0 aliphatic rings. The molecule has 0 unspecified atom stereocenters. The molecule has 8 nitrogen and oxygen atoms in total. The normalized spacial score (nSPS) is 11.7. The monoisotopic (exact) mass is 329 g/mol. The van der Waals surface area contributed by atoms with Gasteiger partial charge >= 0.3 is 5.82 Å². The van der Waals surface area contributed by atoms with E-state index in [1.54, 1.807) is 18.2 Å². The first-order chi connectivity index (χ1) is 11.5. The molecular formula is C15H12FN5O3. The molecule has 24 heavy (non-hydrogen) atoms. The molecule has 3 rings (SSSR count). The van der Waals surface area contributed by atoms with Crippen molar-refractivity contribution in [2.45, 2.75) is 6.92 Å². The standard InChI is InChI=1S/C15H12FN5O3/c1-10-4-2-7-13(8-10)19-18-15(21(23)24)14(20(19)22)17-12-6-3-5-11(16)9-12/h2-9,22H,1H3. The molecule has 1 N–H and O–H groups in total. The van der Waals surface area contributed by atoms with Gasteiger partial charge in [0.2, 0.25) is 0 Å². The van der Waals surface area contributed by atoms with Crippen molar-refractivity contribution in [1.29, 1.82) is 0 Å². The Morgan fingerprint density at radius 1 is 1.25 bits per heavy atom. The quantitative estimate of drug-likeness (QED) is 0.453. The maximum atomic E-state index is 13.3. The van der Waals surface area contributed by atoms with Crippen LogP contribution in [-0.4, -0.2) is 24.9 Å². The minimum Gasteiger partial charge on any atom is -0.409 e. The topological polar surface area (TPSA) is 98.5 Å². The molecule has 1 heterocycles. The predicted octanol–water partition coefficient (Wildman–Crippen LogP) is 2.50. The molecule has 0 saturated carbocycles. The highest BCUT2D eigenvalue weighted by atomic mass is 19.1. The van der Waals surface area contributed by atoms with E-state index < -0.39 is 22.0 Å². The minimum atomic E-state index is -0.767. The Labute approximate surface area is 134 Å². The summed E-state index contributed by atoms with van der Waals surface area (Å²) in [5, 5.41) is 25.3. The van der Waals surface area contributed by atoms with Crippen LogP contribution < -0.4 is 5.49 Å². The first-order valence-corrected chi connectivity index (χ1v) is 6.89. The molecule has 122 valence electrons. The lowest BCUT2D eigenvalue weighted by molar-refractivity contribution is -0.391. The third kappa shape index (κ3) is 2.86. The Bertz CT molecular complexity index is 993. The van der Waals surface area contributed by atoms with Crippen molar-refractivity contribution in [3.8, 4) is 5.69 Å². The first-order valence-electron chi connectivity index (χ1n) is 6.89. The zero-order valence-electron chi connectivity index (χ0n) is 12.5. The Morgan fingerprint density at radius 3 is 2.67 bits per heavy atom. The van der Waals surface area contributed by atoms with Gasteiger partial charge in [-0.3, -0.25) is 0 Å². The highest BCUT2D eigenvalue weighted by molar-refractivity contribution is 5.38. The fraction of sp³-hybridized carbons (Fsp3) is 0.0667. The molecule has 0 saturated heterocycles. The molecule has 0 bridgehead atoms. The molecule has 0 spiro atoms. The van der Waals surface area contributed by atoms with Crippen molar-refractivity contribution in [3.05, 3.63) is 75.5 Å². The van der Waals surface area contributed by atoms with Gasteiger partial charge in [0.25, 0.3) is 5.49 Å². The van der Waals surface area contributed by atoms with Crippen LogP contribution >= 0.6 is 0 Å². The van der Waals surface area contributed by atoms with E-state index in [4.69, 9.17) is 0 Å². The number of benzene rings is 2. The molecule has 0 aliphatic heterocycles. The molecule has 0 radical (unpaired) electrons. The summed E-state index contributed by atoms with van der Waals surface area (Å²) in [4.78, 5) is 15.8. The van der Waals surface area contributed by atoms with Gasteiger partial charge in [-0.2, -0.15) is 0 Å². The van der Waals surface area contributed by atoms with Crippen molar-refractivity contribution in [2.75, 3.05) is 0 Å². The summed E-state index contributed by atoms with van der Waals surface area (Å²) in [7, 11) is 0. The summed E-state index contributed by atoms with van der Waals surface area (Å²) < 4.78 is 13.3. The molecule has 9 heteroatoms. The van der Waals surface area contributed by atoms with E-state index in [1.807, 2.05) is 13.0 Å². The number of nitro groups is 1. The molecule has 3 aromatic rings. The van der Waals surface area contributed by atoms with E-state index in [9.17, 15) is 19.7 Å². The van der Waals surface area contributed by atoms with Crippen LogP contribution in [0.3, 0.4) is 0 Å². The zero-order valence-corrected chi connectivity index (χ0v) is 12.5. The largest absolute Gasteiger partial charge is 0.438 e. The smallest absolute Gasteiger partial charge is 0.409 e. The fourth-order valence-electron chi connectivity index (χ4n) is 2.16. The van der Waals surface area contributed by atoms with E-state index in [-0.39, 0.29) is 5.69 Å². The summed E-state index contributed by atoms with van der Waals surface area (Å²) >= 11 is 0. The second kappa shape index (κ2) is 5.95. The van der Waals surface area contributed by atoms with E-state index in [1.165, 1.54) is 18.2 Å². The van der Waals surface area contributed by atoms with Crippen molar-refractivity contribution in [2.24, 2.45) is 4.99 Å². The van der Waals surface area contributed by atoms with Crippen molar-refractivity contribution < 1.29 is 14.5 Å². The van der Waals surface area contributed by atoms with Gasteiger partial charge in [-0.1, -0.05) is 23.0 Å². The van der Waals surface area contributed by atoms with Crippen molar-refractivity contribution >= 4 is 11.5 Å². The number of halogens is 1. The van der Waals surface area contributed by atoms with Crippen LogP contribution in [0.4, 0.5) is 15.9 Å². The third-order valence-corrected chi connectivity index (χ3v) is 3.21. The molecule has 0 amide bonds. The van der Waals surface area contributed by atoms with E-state index >= 15 is 0 Å². The number of aryl methyl sites for hydroxylation is 1. The van der Waals surface area contributed by atoms with Gasteiger partial charge in [-0.15, -0.1) is 0 Å². The first kappa shape index (κ1) is 15.4. The van der Waals surface area contributed by atoms with Gasteiger partial charge in [0.05, 0.1) is 10.8 Å².